The number of carbonyl (C=O) groups excluding carboxylic acids is 1. The third-order valence-electron chi connectivity index (χ3n) is 5.02. The van der Waals surface area contributed by atoms with E-state index in [9.17, 15) is 4.79 Å². The van der Waals surface area contributed by atoms with E-state index in [1.54, 1.807) is 17.0 Å². The van der Waals surface area contributed by atoms with Crippen LogP contribution in [0.3, 0.4) is 0 Å². The van der Waals surface area contributed by atoms with E-state index in [-0.39, 0.29) is 6.03 Å². The van der Waals surface area contributed by atoms with Crippen molar-refractivity contribution >= 4 is 34.9 Å². The molecule has 0 atom stereocenters. The Labute approximate surface area is 184 Å². The van der Waals surface area contributed by atoms with E-state index in [2.05, 4.69) is 20.4 Å². The van der Waals surface area contributed by atoms with Gasteiger partial charge in [0.25, 0.3) is 5.89 Å². The molecule has 0 aliphatic carbocycles. The molecule has 0 bridgehead atoms. The lowest BCUT2D eigenvalue weighted by Crippen LogP contribution is -2.49. The highest BCUT2D eigenvalue weighted by molar-refractivity contribution is 6.33. The summed E-state index contributed by atoms with van der Waals surface area (Å²) >= 11 is 12.3. The molecule has 3 aromatic rings. The van der Waals surface area contributed by atoms with E-state index in [1.165, 1.54) is 0 Å². The zero-order valence-electron chi connectivity index (χ0n) is 16.4. The Balaban J connectivity index is 1.30. The fourth-order valence-electron chi connectivity index (χ4n) is 3.24. The van der Waals surface area contributed by atoms with E-state index in [1.807, 2.05) is 37.3 Å². The summed E-state index contributed by atoms with van der Waals surface area (Å²) in [6, 6.07) is 12.7. The number of halogens is 2. The van der Waals surface area contributed by atoms with E-state index in [0.29, 0.717) is 47.1 Å². The van der Waals surface area contributed by atoms with Gasteiger partial charge in [0.15, 0.2) is 5.82 Å². The number of amides is 2. The van der Waals surface area contributed by atoms with E-state index in [4.69, 9.17) is 27.7 Å². The van der Waals surface area contributed by atoms with Crippen LogP contribution in [0.4, 0.5) is 10.5 Å². The van der Waals surface area contributed by atoms with Gasteiger partial charge in [-0.3, -0.25) is 4.90 Å². The van der Waals surface area contributed by atoms with Crippen LogP contribution in [0.1, 0.15) is 11.4 Å². The van der Waals surface area contributed by atoms with Gasteiger partial charge in [0.1, 0.15) is 0 Å². The molecule has 0 unspecified atom stereocenters. The number of hydrogen-bond acceptors (Lipinski definition) is 5. The third-order valence-corrected chi connectivity index (χ3v) is 5.76. The predicted molar refractivity (Wildman–Crippen MR) is 117 cm³/mol. The molecule has 2 heterocycles. The van der Waals surface area contributed by atoms with Gasteiger partial charge in [-0.25, -0.2) is 4.79 Å². The first kappa shape index (κ1) is 20.7. The molecular formula is C21H21Cl2N5O2. The Hall–Kier alpha value is -2.61. The van der Waals surface area contributed by atoms with Crippen LogP contribution in [0.15, 0.2) is 47.0 Å². The van der Waals surface area contributed by atoms with Gasteiger partial charge in [0.2, 0.25) is 0 Å². The van der Waals surface area contributed by atoms with Crippen molar-refractivity contribution in [2.45, 2.75) is 13.5 Å². The number of aromatic nitrogens is 2. The Morgan fingerprint density at radius 3 is 2.60 bits per heavy atom. The zero-order chi connectivity index (χ0) is 21.1. The summed E-state index contributed by atoms with van der Waals surface area (Å²) in [6.07, 6.45) is 0. The van der Waals surface area contributed by atoms with Crippen LogP contribution < -0.4 is 5.32 Å². The van der Waals surface area contributed by atoms with Gasteiger partial charge in [0.05, 0.1) is 17.1 Å². The van der Waals surface area contributed by atoms with Crippen molar-refractivity contribution in [2.24, 2.45) is 0 Å². The second-order valence-electron chi connectivity index (χ2n) is 7.15. The van der Waals surface area contributed by atoms with Gasteiger partial charge in [-0.15, -0.1) is 0 Å². The normalized spacial score (nSPS) is 14.7. The minimum atomic E-state index is -0.130. The molecule has 1 aromatic heterocycles. The number of nitrogens with zero attached hydrogens (tertiary/aromatic N) is 4. The van der Waals surface area contributed by atoms with Gasteiger partial charge in [0, 0.05) is 36.9 Å². The second kappa shape index (κ2) is 9.04. The Bertz CT molecular complexity index is 1050. The van der Waals surface area contributed by atoms with E-state index in [0.717, 1.165) is 24.2 Å². The minimum Gasteiger partial charge on any atom is -0.334 e. The molecule has 9 heteroatoms. The van der Waals surface area contributed by atoms with Gasteiger partial charge >= 0.3 is 6.03 Å². The van der Waals surface area contributed by atoms with Crippen molar-refractivity contribution < 1.29 is 9.32 Å². The molecule has 30 heavy (non-hydrogen) atoms. The fraction of sp³-hybridized carbons (Fsp3) is 0.286. The van der Waals surface area contributed by atoms with E-state index >= 15 is 0 Å². The van der Waals surface area contributed by atoms with Crippen LogP contribution in [0.5, 0.6) is 0 Å². The van der Waals surface area contributed by atoms with Crippen LogP contribution in [0.25, 0.3) is 11.5 Å². The second-order valence-corrected chi connectivity index (χ2v) is 7.97. The van der Waals surface area contributed by atoms with Crippen LogP contribution in [0.2, 0.25) is 10.0 Å². The van der Waals surface area contributed by atoms with Crippen molar-refractivity contribution in [1.29, 1.82) is 0 Å². The summed E-state index contributed by atoms with van der Waals surface area (Å²) in [5, 5.41) is 8.17. The molecule has 1 N–H and O–H groups in total. The molecule has 0 spiro atoms. The maximum Gasteiger partial charge on any atom is 0.321 e. The van der Waals surface area contributed by atoms with Gasteiger partial charge in [-0.05, 0) is 36.8 Å². The van der Waals surface area contributed by atoms with Gasteiger partial charge in [-0.2, -0.15) is 4.98 Å². The van der Waals surface area contributed by atoms with Crippen molar-refractivity contribution in [1.82, 2.24) is 19.9 Å². The summed E-state index contributed by atoms with van der Waals surface area (Å²) in [7, 11) is 0. The molecular weight excluding hydrogens is 425 g/mol. The summed E-state index contributed by atoms with van der Waals surface area (Å²) < 4.78 is 5.36. The molecule has 1 saturated heterocycles. The number of anilines is 1. The van der Waals surface area contributed by atoms with Gasteiger partial charge < -0.3 is 14.7 Å². The molecule has 2 aromatic carbocycles. The number of hydrogen-bond donors (Lipinski definition) is 1. The highest BCUT2D eigenvalue weighted by atomic mass is 35.5. The molecule has 156 valence electrons. The summed E-state index contributed by atoms with van der Waals surface area (Å²) in [6.45, 7) is 5.14. The minimum absolute atomic E-state index is 0.130. The molecule has 1 aliphatic rings. The standard InChI is InChI=1S/C21H21Cl2N5O2/c1-14-6-7-15(12-18(14)23)24-21(29)28-10-8-27(9-11-28)13-19-25-20(30-26-19)16-4-2-3-5-17(16)22/h2-7,12H,8-11,13H2,1H3,(H,24,29). The SMILES string of the molecule is Cc1ccc(NC(=O)N2CCN(Cc3noc(-c4ccccc4Cl)n3)CC2)cc1Cl. The highest BCUT2D eigenvalue weighted by Gasteiger charge is 2.23. The van der Waals surface area contributed by atoms with Crippen LogP contribution in [-0.4, -0.2) is 52.2 Å². The van der Waals surface area contributed by atoms with E-state index < -0.39 is 0 Å². The molecule has 1 fully saturated rings. The lowest BCUT2D eigenvalue weighted by atomic mass is 10.2. The smallest absolute Gasteiger partial charge is 0.321 e. The largest absolute Gasteiger partial charge is 0.334 e. The monoisotopic (exact) mass is 445 g/mol. The Morgan fingerprint density at radius 2 is 1.87 bits per heavy atom. The van der Waals surface area contributed by atoms with Gasteiger partial charge in [-0.1, -0.05) is 46.6 Å². The summed E-state index contributed by atoms with van der Waals surface area (Å²) in [5.41, 5.74) is 2.38. The average molecular weight is 446 g/mol. The first-order chi connectivity index (χ1) is 14.5. The van der Waals surface area contributed by atoms with Crippen LogP contribution in [-0.2, 0) is 6.54 Å². The number of nitrogens with one attached hydrogen (secondary N) is 1. The zero-order valence-corrected chi connectivity index (χ0v) is 18.0. The Kier molecular flexibility index (Phi) is 6.22. The quantitative estimate of drug-likeness (QED) is 0.629. The Morgan fingerprint density at radius 1 is 1.10 bits per heavy atom. The highest BCUT2D eigenvalue weighted by Crippen LogP contribution is 2.26. The topological polar surface area (TPSA) is 74.5 Å². The first-order valence-corrected chi connectivity index (χ1v) is 10.4. The lowest BCUT2D eigenvalue weighted by Gasteiger charge is -2.34. The fourth-order valence-corrected chi connectivity index (χ4v) is 3.64. The van der Waals surface area contributed by atoms with Crippen LogP contribution in [0, 0.1) is 6.92 Å². The number of urea groups is 1. The summed E-state index contributed by atoms with van der Waals surface area (Å²) in [5.74, 6) is 1.00. The number of aryl methyl sites for hydroxylation is 1. The molecule has 4 rings (SSSR count). The molecule has 1 aliphatic heterocycles. The number of piperazine rings is 1. The molecule has 0 saturated carbocycles. The van der Waals surface area contributed by atoms with Crippen molar-refractivity contribution in [3.63, 3.8) is 0 Å². The van der Waals surface area contributed by atoms with Crippen molar-refractivity contribution in [3.8, 4) is 11.5 Å². The number of carbonyl (C=O) groups is 1. The van der Waals surface area contributed by atoms with Crippen molar-refractivity contribution in [3.05, 3.63) is 63.9 Å². The molecule has 2 amide bonds. The summed E-state index contributed by atoms with van der Waals surface area (Å²) in [4.78, 5) is 20.9. The van der Waals surface area contributed by atoms with Crippen LogP contribution >= 0.6 is 23.2 Å². The van der Waals surface area contributed by atoms with Crippen molar-refractivity contribution in [2.75, 3.05) is 31.5 Å². The number of rotatable bonds is 4. The third kappa shape index (κ3) is 4.75. The maximum absolute atomic E-state index is 12.5. The lowest BCUT2D eigenvalue weighted by molar-refractivity contribution is 0.140. The first-order valence-electron chi connectivity index (χ1n) is 9.61. The molecule has 7 nitrogen and oxygen atoms in total. The number of benzene rings is 2. The molecule has 0 radical (unpaired) electrons. The predicted octanol–water partition coefficient (Wildman–Crippen LogP) is 4.70. The average Bonchev–Trinajstić information content (AvgIpc) is 3.20. The maximum atomic E-state index is 12.5.